The van der Waals surface area contributed by atoms with Crippen LogP contribution in [0.5, 0.6) is 0 Å². The Labute approximate surface area is 158 Å². The molecule has 1 heterocycles. The molecule has 2 aromatic carbocycles. The monoisotopic (exact) mass is 389 g/mol. The highest BCUT2D eigenvalue weighted by molar-refractivity contribution is 7.91. The predicted octanol–water partition coefficient (Wildman–Crippen LogP) is 4.36. The van der Waals surface area contributed by atoms with Crippen molar-refractivity contribution in [3.8, 4) is 5.69 Å². The minimum atomic E-state index is -3.75. The molecule has 0 bridgehead atoms. The quantitative estimate of drug-likeness (QED) is 0.667. The van der Waals surface area contributed by atoms with Crippen molar-refractivity contribution in [3.63, 3.8) is 0 Å². The number of nitrogens with zero attached hydrogens (tertiary/aromatic N) is 3. The molecule has 0 spiro atoms. The van der Waals surface area contributed by atoms with Crippen molar-refractivity contribution in [2.24, 2.45) is 0 Å². The normalized spacial score (nSPS) is 12.3. The van der Waals surface area contributed by atoms with Gasteiger partial charge < -0.3 is 0 Å². The average Bonchev–Trinajstić information content (AvgIpc) is 2.97. The Kier molecular flexibility index (Phi) is 4.67. The maximum Gasteiger partial charge on any atom is 0.227 e. The Hall–Kier alpha value is -2.18. The van der Waals surface area contributed by atoms with E-state index >= 15 is 0 Å². The fraction of sp³-hybridized carbons (Fsp3) is 0.263. The van der Waals surface area contributed by atoms with Gasteiger partial charge in [0.2, 0.25) is 14.9 Å². The van der Waals surface area contributed by atoms with Crippen LogP contribution in [-0.4, -0.2) is 23.4 Å². The van der Waals surface area contributed by atoms with E-state index in [1.807, 2.05) is 12.1 Å². The van der Waals surface area contributed by atoms with Gasteiger partial charge in [-0.25, -0.2) is 13.1 Å². The summed E-state index contributed by atoms with van der Waals surface area (Å²) in [5, 5.41) is 8.48. The lowest BCUT2D eigenvalue weighted by Gasteiger charge is -2.19. The highest BCUT2D eigenvalue weighted by atomic mass is 35.5. The summed E-state index contributed by atoms with van der Waals surface area (Å²) in [6.07, 6.45) is 0. The summed E-state index contributed by atoms with van der Waals surface area (Å²) in [5.41, 5.74) is 2.17. The molecule has 26 heavy (non-hydrogen) atoms. The van der Waals surface area contributed by atoms with Crippen LogP contribution in [0.4, 0.5) is 0 Å². The summed E-state index contributed by atoms with van der Waals surface area (Å²) in [4.78, 5) is 0.205. The molecule has 0 atom stereocenters. The molecule has 0 aliphatic rings. The Balaban J connectivity index is 2.02. The first-order chi connectivity index (χ1) is 12.1. The first-order valence-corrected chi connectivity index (χ1v) is 10.0. The molecule has 0 radical (unpaired) electrons. The van der Waals surface area contributed by atoms with Gasteiger partial charge in [0.25, 0.3) is 0 Å². The van der Waals surface area contributed by atoms with Crippen molar-refractivity contribution in [2.45, 2.75) is 43.0 Å². The summed E-state index contributed by atoms with van der Waals surface area (Å²) in [5.74, 6) is 0. The molecule has 1 aromatic heterocycles. The van der Waals surface area contributed by atoms with E-state index in [2.05, 4.69) is 31.1 Å². The maximum atomic E-state index is 13.0. The van der Waals surface area contributed by atoms with Gasteiger partial charge >= 0.3 is 0 Å². The summed E-state index contributed by atoms with van der Waals surface area (Å²) < 4.78 is 27.4. The molecule has 0 amide bonds. The molecule has 7 heteroatoms. The molecule has 3 rings (SSSR count). The van der Waals surface area contributed by atoms with Crippen LogP contribution in [0.25, 0.3) is 5.69 Å². The van der Waals surface area contributed by atoms with E-state index in [1.165, 1.54) is 4.68 Å². The van der Waals surface area contributed by atoms with Crippen LogP contribution < -0.4 is 0 Å². The minimum absolute atomic E-state index is 0.0454. The zero-order valence-corrected chi connectivity index (χ0v) is 16.6. The van der Waals surface area contributed by atoms with Gasteiger partial charge in [0.15, 0.2) is 0 Å². The number of hydrogen-bond donors (Lipinski definition) is 0. The van der Waals surface area contributed by atoms with Crippen molar-refractivity contribution >= 4 is 21.4 Å². The third-order valence-electron chi connectivity index (χ3n) is 4.21. The van der Waals surface area contributed by atoms with Gasteiger partial charge in [0.1, 0.15) is 0 Å². The van der Waals surface area contributed by atoms with Gasteiger partial charge in [-0.05, 0) is 54.3 Å². The Bertz CT molecular complexity index is 1030. The van der Waals surface area contributed by atoms with Crippen molar-refractivity contribution in [1.29, 1.82) is 0 Å². The van der Waals surface area contributed by atoms with Crippen LogP contribution in [0.2, 0.25) is 5.02 Å². The first-order valence-electron chi connectivity index (χ1n) is 8.14. The number of halogens is 1. The van der Waals surface area contributed by atoms with Crippen LogP contribution in [-0.2, 0) is 15.3 Å². The lowest BCUT2D eigenvalue weighted by atomic mass is 9.87. The van der Waals surface area contributed by atoms with Crippen molar-refractivity contribution in [3.05, 3.63) is 64.8 Å². The molecule has 0 saturated carbocycles. The number of hydrogen-bond acceptors (Lipinski definition) is 4. The second-order valence-corrected chi connectivity index (χ2v) is 9.45. The molecule has 3 aromatic rings. The molecule has 0 saturated heterocycles. The lowest BCUT2D eigenvalue weighted by Crippen LogP contribution is -2.11. The van der Waals surface area contributed by atoms with Gasteiger partial charge in [-0.3, -0.25) is 0 Å². The highest BCUT2D eigenvalue weighted by Crippen LogP contribution is 2.27. The second kappa shape index (κ2) is 6.52. The number of aromatic nitrogens is 3. The Morgan fingerprint density at radius 3 is 2.08 bits per heavy atom. The van der Waals surface area contributed by atoms with Crippen molar-refractivity contribution in [1.82, 2.24) is 15.0 Å². The van der Waals surface area contributed by atoms with Crippen molar-refractivity contribution in [2.75, 3.05) is 0 Å². The molecule has 5 nitrogen and oxygen atoms in total. The van der Waals surface area contributed by atoms with Gasteiger partial charge in [-0.2, -0.15) is 0 Å². The fourth-order valence-corrected chi connectivity index (χ4v) is 4.10. The molecule has 0 fully saturated rings. The van der Waals surface area contributed by atoms with Crippen LogP contribution in [0, 0.1) is 6.92 Å². The average molecular weight is 390 g/mol. The number of benzene rings is 2. The molecular formula is C19H20ClN3O2S. The maximum absolute atomic E-state index is 13.0. The van der Waals surface area contributed by atoms with Crippen LogP contribution >= 0.6 is 11.6 Å². The standard InChI is InChI=1S/C19H20ClN3O2S/c1-13-18(21-22-23(13)16-9-7-15(20)8-10-16)26(24,25)17-11-5-14(6-12-17)19(2,3)4/h5-12H,1-4H3. The summed E-state index contributed by atoms with van der Waals surface area (Å²) >= 11 is 5.90. The summed E-state index contributed by atoms with van der Waals surface area (Å²) in [6.45, 7) is 7.93. The van der Waals surface area contributed by atoms with E-state index in [-0.39, 0.29) is 15.3 Å². The number of rotatable bonds is 3. The zero-order valence-electron chi connectivity index (χ0n) is 15.1. The van der Waals surface area contributed by atoms with Gasteiger partial charge in [0.05, 0.1) is 16.3 Å². The summed E-state index contributed by atoms with van der Waals surface area (Å²) in [7, 11) is -3.75. The number of sulfone groups is 1. The van der Waals surface area contributed by atoms with Crippen LogP contribution in [0.3, 0.4) is 0 Å². The van der Waals surface area contributed by atoms with Gasteiger partial charge in [-0.1, -0.05) is 49.7 Å². The van der Waals surface area contributed by atoms with E-state index in [4.69, 9.17) is 11.6 Å². The van der Waals surface area contributed by atoms with Gasteiger partial charge in [0, 0.05) is 5.02 Å². The summed E-state index contributed by atoms with van der Waals surface area (Å²) in [6, 6.07) is 13.9. The third-order valence-corrected chi connectivity index (χ3v) is 6.24. The van der Waals surface area contributed by atoms with Crippen LogP contribution in [0.1, 0.15) is 32.0 Å². The smallest absolute Gasteiger partial charge is 0.217 e. The third kappa shape index (κ3) is 3.39. The van der Waals surface area contributed by atoms with E-state index in [1.54, 1.807) is 43.3 Å². The molecule has 0 unspecified atom stereocenters. The Morgan fingerprint density at radius 2 is 1.54 bits per heavy atom. The molecule has 0 aliphatic heterocycles. The second-order valence-electron chi connectivity index (χ2n) is 7.15. The van der Waals surface area contributed by atoms with Crippen molar-refractivity contribution < 1.29 is 8.42 Å². The molecule has 0 aliphatic carbocycles. The highest BCUT2D eigenvalue weighted by Gasteiger charge is 2.26. The van der Waals surface area contributed by atoms with E-state index < -0.39 is 9.84 Å². The van der Waals surface area contributed by atoms with Gasteiger partial charge in [-0.15, -0.1) is 5.10 Å². The first kappa shape index (κ1) is 18.6. The van der Waals surface area contributed by atoms with E-state index in [0.717, 1.165) is 5.56 Å². The lowest BCUT2D eigenvalue weighted by molar-refractivity contribution is 0.584. The molecule has 136 valence electrons. The topological polar surface area (TPSA) is 64.8 Å². The minimum Gasteiger partial charge on any atom is -0.217 e. The largest absolute Gasteiger partial charge is 0.227 e. The van der Waals surface area contributed by atoms with E-state index in [0.29, 0.717) is 16.4 Å². The predicted molar refractivity (Wildman–Crippen MR) is 102 cm³/mol. The van der Waals surface area contributed by atoms with E-state index in [9.17, 15) is 8.42 Å². The molecule has 0 N–H and O–H groups in total. The molecular weight excluding hydrogens is 370 g/mol. The van der Waals surface area contributed by atoms with Crippen LogP contribution in [0.15, 0.2) is 58.5 Å². The zero-order chi connectivity index (χ0) is 19.1. The Morgan fingerprint density at radius 1 is 0.962 bits per heavy atom. The SMILES string of the molecule is Cc1c(S(=O)(=O)c2ccc(C(C)(C)C)cc2)nnn1-c1ccc(Cl)cc1. The fourth-order valence-electron chi connectivity index (χ4n) is 2.64.